The van der Waals surface area contributed by atoms with Crippen molar-refractivity contribution in [1.82, 2.24) is 5.32 Å². The quantitative estimate of drug-likeness (QED) is 0.745. The highest BCUT2D eigenvalue weighted by atomic mass is 19.1. The van der Waals surface area contributed by atoms with Crippen molar-refractivity contribution in [3.8, 4) is 0 Å². The maximum Gasteiger partial charge on any atom is 0.407 e. The van der Waals surface area contributed by atoms with E-state index in [1.54, 1.807) is 18.2 Å². The van der Waals surface area contributed by atoms with Crippen LogP contribution in [0.1, 0.15) is 20.3 Å². The van der Waals surface area contributed by atoms with Gasteiger partial charge >= 0.3 is 6.09 Å². The molecule has 2 aliphatic rings. The molecule has 1 saturated heterocycles. The smallest absolute Gasteiger partial charge is 0.407 e. The monoisotopic (exact) mass is 225 g/mol. The molecule has 2 rings (SSSR count). The van der Waals surface area contributed by atoms with Gasteiger partial charge in [-0.2, -0.15) is 0 Å². The minimum absolute atomic E-state index is 0.187. The first-order valence-electron chi connectivity index (χ1n) is 5.43. The molecule has 0 aromatic heterocycles. The number of hydrogen-bond acceptors (Lipinski definition) is 2. The summed E-state index contributed by atoms with van der Waals surface area (Å²) in [5, 5.41) is 2.55. The van der Waals surface area contributed by atoms with Crippen LogP contribution in [0, 0.1) is 0 Å². The number of carbonyl (C=O) groups excluding carboxylic acids is 1. The minimum Gasteiger partial charge on any atom is -0.439 e. The Balaban J connectivity index is 0.000000606. The van der Waals surface area contributed by atoms with Gasteiger partial charge in [0.2, 0.25) is 0 Å². The van der Waals surface area contributed by atoms with E-state index in [1.807, 2.05) is 13.8 Å². The van der Waals surface area contributed by atoms with E-state index in [2.05, 4.69) is 5.32 Å². The molecule has 1 aliphatic carbocycles. The van der Waals surface area contributed by atoms with Gasteiger partial charge in [-0.15, -0.1) is 0 Å². The molecule has 0 bridgehead atoms. The maximum absolute atomic E-state index is 12.8. The van der Waals surface area contributed by atoms with E-state index >= 15 is 0 Å². The fourth-order valence-corrected chi connectivity index (χ4v) is 1.41. The molecule has 1 fully saturated rings. The minimum atomic E-state index is -0.419. The first-order chi connectivity index (χ1) is 7.75. The number of cyclic esters (lactones) is 1. The second-order valence-electron chi connectivity index (χ2n) is 3.16. The largest absolute Gasteiger partial charge is 0.439 e. The summed E-state index contributed by atoms with van der Waals surface area (Å²) in [5.41, 5.74) is 0.816. The first-order valence-corrected chi connectivity index (χ1v) is 5.43. The Labute approximate surface area is 94.7 Å². The number of nitrogens with one attached hydrogen (secondary N) is 1. The molecule has 88 valence electrons. The molecule has 16 heavy (non-hydrogen) atoms. The Morgan fingerprint density at radius 3 is 2.81 bits per heavy atom. The van der Waals surface area contributed by atoms with E-state index in [-0.39, 0.29) is 11.9 Å². The molecule has 0 aromatic rings. The lowest BCUT2D eigenvalue weighted by atomic mass is 10.1. The van der Waals surface area contributed by atoms with Crippen LogP contribution in [0.3, 0.4) is 0 Å². The van der Waals surface area contributed by atoms with Crippen molar-refractivity contribution in [3.63, 3.8) is 0 Å². The van der Waals surface area contributed by atoms with Gasteiger partial charge in [-0.25, -0.2) is 9.18 Å². The molecule has 1 heterocycles. The zero-order valence-corrected chi connectivity index (χ0v) is 9.50. The molecule has 1 N–H and O–H groups in total. The van der Waals surface area contributed by atoms with Crippen molar-refractivity contribution in [1.29, 1.82) is 0 Å². The molecule has 1 aliphatic heterocycles. The highest BCUT2D eigenvalue weighted by molar-refractivity contribution is 5.70. The summed E-state index contributed by atoms with van der Waals surface area (Å²) >= 11 is 0. The molecule has 0 radical (unpaired) electrons. The Morgan fingerprint density at radius 2 is 2.19 bits per heavy atom. The van der Waals surface area contributed by atoms with Gasteiger partial charge in [-0.05, 0) is 11.6 Å². The fraction of sp³-hybridized carbons (Fsp3) is 0.417. The number of ether oxygens (including phenoxy) is 1. The first kappa shape index (κ1) is 12.5. The van der Waals surface area contributed by atoms with E-state index in [0.717, 1.165) is 5.57 Å². The van der Waals surface area contributed by atoms with Crippen molar-refractivity contribution < 1.29 is 13.9 Å². The second-order valence-corrected chi connectivity index (χ2v) is 3.16. The van der Waals surface area contributed by atoms with E-state index in [9.17, 15) is 9.18 Å². The predicted molar refractivity (Wildman–Crippen MR) is 60.7 cm³/mol. The number of halogens is 1. The van der Waals surface area contributed by atoms with Crippen molar-refractivity contribution in [2.24, 2.45) is 0 Å². The summed E-state index contributed by atoms with van der Waals surface area (Å²) in [7, 11) is 0. The average molecular weight is 225 g/mol. The van der Waals surface area contributed by atoms with Gasteiger partial charge in [0.1, 0.15) is 11.9 Å². The summed E-state index contributed by atoms with van der Waals surface area (Å²) in [6, 6.07) is 0. The lowest BCUT2D eigenvalue weighted by Crippen LogP contribution is -2.15. The van der Waals surface area contributed by atoms with Gasteiger partial charge in [-0.1, -0.05) is 32.1 Å². The molecule has 3 nitrogen and oxygen atoms in total. The lowest BCUT2D eigenvalue weighted by Gasteiger charge is -2.07. The number of carbonyl (C=O) groups is 1. The van der Waals surface area contributed by atoms with Crippen LogP contribution in [0.4, 0.5) is 9.18 Å². The zero-order valence-electron chi connectivity index (χ0n) is 9.50. The SMILES string of the molecule is CC.O=C1NCC(C2=CC=C(F)CC=C2)O1. The fourth-order valence-electron chi connectivity index (χ4n) is 1.41. The highest BCUT2D eigenvalue weighted by Gasteiger charge is 2.24. The normalized spacial score (nSPS) is 23.2. The van der Waals surface area contributed by atoms with E-state index in [0.29, 0.717) is 13.0 Å². The van der Waals surface area contributed by atoms with Crippen LogP contribution in [-0.4, -0.2) is 18.7 Å². The van der Waals surface area contributed by atoms with Gasteiger partial charge in [-0.3, -0.25) is 0 Å². The van der Waals surface area contributed by atoms with Crippen LogP contribution < -0.4 is 5.32 Å². The Kier molecular flexibility index (Phi) is 4.76. The third kappa shape index (κ3) is 3.22. The molecule has 1 unspecified atom stereocenters. The molecule has 0 aromatic carbocycles. The van der Waals surface area contributed by atoms with Gasteiger partial charge in [0.05, 0.1) is 6.54 Å². The lowest BCUT2D eigenvalue weighted by molar-refractivity contribution is 0.155. The molecule has 1 amide bonds. The van der Waals surface area contributed by atoms with Crippen molar-refractivity contribution in [2.45, 2.75) is 26.4 Å². The topological polar surface area (TPSA) is 38.3 Å². The van der Waals surface area contributed by atoms with Crippen LogP contribution in [0.25, 0.3) is 0 Å². The number of hydrogen-bond donors (Lipinski definition) is 1. The summed E-state index contributed by atoms with van der Waals surface area (Å²) in [6.45, 7) is 4.45. The molecular formula is C12H16FNO2. The summed E-state index contributed by atoms with van der Waals surface area (Å²) in [4.78, 5) is 10.8. The number of rotatable bonds is 1. The van der Waals surface area contributed by atoms with Crippen molar-refractivity contribution in [2.75, 3.05) is 6.54 Å². The van der Waals surface area contributed by atoms with E-state index in [1.165, 1.54) is 6.08 Å². The molecule has 1 atom stereocenters. The number of allylic oxidation sites excluding steroid dienone is 4. The Morgan fingerprint density at radius 1 is 1.44 bits per heavy atom. The van der Waals surface area contributed by atoms with Crippen LogP contribution in [0.5, 0.6) is 0 Å². The zero-order chi connectivity index (χ0) is 12.0. The predicted octanol–water partition coefficient (Wildman–Crippen LogP) is 2.86. The maximum atomic E-state index is 12.8. The molecule has 0 saturated carbocycles. The third-order valence-electron chi connectivity index (χ3n) is 2.13. The van der Waals surface area contributed by atoms with Gasteiger partial charge < -0.3 is 10.1 Å². The van der Waals surface area contributed by atoms with Gasteiger partial charge in [0.25, 0.3) is 0 Å². The van der Waals surface area contributed by atoms with E-state index < -0.39 is 6.09 Å². The van der Waals surface area contributed by atoms with Crippen LogP contribution >= 0.6 is 0 Å². The van der Waals surface area contributed by atoms with Gasteiger partial charge in [0, 0.05) is 6.42 Å². The van der Waals surface area contributed by atoms with Crippen LogP contribution in [0.2, 0.25) is 0 Å². The summed E-state index contributed by atoms with van der Waals surface area (Å²) in [5.74, 6) is -0.187. The molecular weight excluding hydrogens is 209 g/mol. The van der Waals surface area contributed by atoms with E-state index in [4.69, 9.17) is 4.74 Å². The summed E-state index contributed by atoms with van der Waals surface area (Å²) < 4.78 is 17.8. The van der Waals surface area contributed by atoms with Gasteiger partial charge in [0.15, 0.2) is 0 Å². The van der Waals surface area contributed by atoms with Crippen molar-refractivity contribution >= 4 is 6.09 Å². The highest BCUT2D eigenvalue weighted by Crippen LogP contribution is 2.18. The molecule has 0 spiro atoms. The van der Waals surface area contributed by atoms with Crippen LogP contribution in [-0.2, 0) is 4.74 Å². The second kappa shape index (κ2) is 6.10. The van der Waals surface area contributed by atoms with Crippen molar-refractivity contribution in [3.05, 3.63) is 35.7 Å². The third-order valence-corrected chi connectivity index (χ3v) is 2.13. The Bertz CT molecular complexity index is 345. The standard InChI is InChI=1S/C10H10FNO2.C2H6/c11-8-3-1-2-7(4-5-8)9-6-12-10(13)14-9;1-2/h1-2,4-5,9H,3,6H2,(H,12,13);1-2H3. The summed E-state index contributed by atoms with van der Waals surface area (Å²) in [6.07, 6.45) is 6.14. The van der Waals surface area contributed by atoms with Crippen LogP contribution in [0.15, 0.2) is 35.7 Å². The number of alkyl carbamates (subject to hydrolysis) is 1. The average Bonchev–Trinajstić information content (AvgIpc) is 2.60. The molecule has 4 heteroatoms. The number of amides is 1. The Hall–Kier alpha value is -1.58.